The van der Waals surface area contributed by atoms with Crippen molar-refractivity contribution < 1.29 is 14.3 Å². The summed E-state index contributed by atoms with van der Waals surface area (Å²) in [4.78, 5) is 32.6. The van der Waals surface area contributed by atoms with Crippen LogP contribution in [0.2, 0.25) is 0 Å². The number of amides is 1. The number of carbonyl (C=O) groups excluding carboxylic acids is 2. The van der Waals surface area contributed by atoms with Crippen LogP contribution in [0, 0.1) is 19.8 Å². The molecule has 35 heavy (non-hydrogen) atoms. The summed E-state index contributed by atoms with van der Waals surface area (Å²) in [6.07, 6.45) is 2.76. The molecule has 0 bridgehead atoms. The molecule has 1 N–H and O–H groups in total. The van der Waals surface area contributed by atoms with Crippen molar-refractivity contribution >= 4 is 39.1 Å². The lowest BCUT2D eigenvalue weighted by Gasteiger charge is -2.18. The number of anilines is 1. The van der Waals surface area contributed by atoms with E-state index in [1.54, 1.807) is 0 Å². The van der Waals surface area contributed by atoms with Gasteiger partial charge in [0.25, 0.3) is 5.91 Å². The molecule has 0 fully saturated rings. The van der Waals surface area contributed by atoms with E-state index >= 15 is 0 Å². The quantitative estimate of drug-likeness (QED) is 0.326. The predicted octanol–water partition coefficient (Wildman–Crippen LogP) is 6.74. The molecule has 0 aliphatic heterocycles. The van der Waals surface area contributed by atoms with Crippen LogP contribution < -0.4 is 5.32 Å². The van der Waals surface area contributed by atoms with E-state index in [1.165, 1.54) is 18.4 Å². The molecule has 2 aromatic carbocycles. The lowest BCUT2D eigenvalue weighted by Crippen LogP contribution is -2.17. The van der Waals surface area contributed by atoms with Crippen LogP contribution in [0.1, 0.15) is 55.6 Å². The molecule has 5 nitrogen and oxygen atoms in total. The van der Waals surface area contributed by atoms with E-state index in [0.717, 1.165) is 63.0 Å². The maximum Gasteiger partial charge on any atom is 0.341 e. The Morgan fingerprint density at radius 3 is 2.54 bits per heavy atom. The number of benzene rings is 2. The molecule has 4 aromatic rings. The summed E-state index contributed by atoms with van der Waals surface area (Å²) in [5.74, 6) is -0.0890. The topological polar surface area (TPSA) is 68.3 Å². The molecule has 2 aromatic heterocycles. The van der Waals surface area contributed by atoms with Crippen molar-refractivity contribution in [3.05, 3.63) is 81.2 Å². The predicted molar refractivity (Wildman–Crippen MR) is 141 cm³/mol. The first kappa shape index (κ1) is 23.2. The van der Waals surface area contributed by atoms with Gasteiger partial charge in [0.15, 0.2) is 0 Å². The van der Waals surface area contributed by atoms with Gasteiger partial charge in [-0.15, -0.1) is 11.3 Å². The molecule has 1 atom stereocenters. The highest BCUT2D eigenvalue weighted by atomic mass is 32.1. The molecular formula is C29H28N2O3S. The maximum atomic E-state index is 13.8. The van der Waals surface area contributed by atoms with E-state index in [-0.39, 0.29) is 5.91 Å². The van der Waals surface area contributed by atoms with Crippen molar-refractivity contribution in [2.24, 2.45) is 5.92 Å². The molecule has 1 unspecified atom stereocenters. The first-order valence-electron chi connectivity index (χ1n) is 11.9. The number of methoxy groups -OCH3 is 1. The molecule has 5 rings (SSSR count). The van der Waals surface area contributed by atoms with E-state index in [2.05, 4.69) is 12.2 Å². The van der Waals surface area contributed by atoms with Crippen LogP contribution in [0.25, 0.3) is 22.2 Å². The number of pyridine rings is 1. The number of ether oxygens (including phenoxy) is 1. The van der Waals surface area contributed by atoms with Crippen LogP contribution in [0.3, 0.4) is 0 Å². The maximum absolute atomic E-state index is 13.8. The Hall–Kier alpha value is -3.51. The number of aryl methyl sites for hydroxylation is 1. The molecule has 0 radical (unpaired) electrons. The Morgan fingerprint density at radius 2 is 1.80 bits per heavy atom. The Morgan fingerprint density at radius 1 is 1.06 bits per heavy atom. The highest BCUT2D eigenvalue weighted by molar-refractivity contribution is 7.17. The summed E-state index contributed by atoms with van der Waals surface area (Å²) < 4.78 is 5.10. The number of aromatic nitrogens is 1. The summed E-state index contributed by atoms with van der Waals surface area (Å²) in [6.45, 7) is 6.20. The van der Waals surface area contributed by atoms with Gasteiger partial charge in [-0.3, -0.25) is 4.79 Å². The van der Waals surface area contributed by atoms with Gasteiger partial charge in [-0.25, -0.2) is 9.78 Å². The third kappa shape index (κ3) is 4.23. The first-order chi connectivity index (χ1) is 16.9. The normalized spacial score (nSPS) is 15.0. The van der Waals surface area contributed by atoms with Gasteiger partial charge in [0.1, 0.15) is 5.00 Å². The third-order valence-corrected chi connectivity index (χ3v) is 7.99. The van der Waals surface area contributed by atoms with Gasteiger partial charge in [-0.1, -0.05) is 55.0 Å². The smallest absolute Gasteiger partial charge is 0.341 e. The lowest BCUT2D eigenvalue weighted by atomic mass is 9.88. The van der Waals surface area contributed by atoms with Crippen LogP contribution in [-0.2, 0) is 17.6 Å². The molecule has 6 heteroatoms. The molecule has 2 heterocycles. The zero-order valence-electron chi connectivity index (χ0n) is 20.4. The molecule has 0 spiro atoms. The van der Waals surface area contributed by atoms with E-state index in [4.69, 9.17) is 9.72 Å². The molecule has 0 saturated carbocycles. The summed E-state index contributed by atoms with van der Waals surface area (Å²) in [5.41, 5.74) is 6.56. The molecule has 1 aliphatic carbocycles. The minimum atomic E-state index is -0.399. The van der Waals surface area contributed by atoms with E-state index < -0.39 is 5.97 Å². The summed E-state index contributed by atoms with van der Waals surface area (Å²) in [6, 6.07) is 15.8. The average molecular weight is 485 g/mol. The Balaban J connectivity index is 1.63. The fourth-order valence-corrected chi connectivity index (χ4v) is 6.31. The zero-order valence-corrected chi connectivity index (χ0v) is 21.2. The highest BCUT2D eigenvalue weighted by Crippen LogP contribution is 2.40. The second-order valence-electron chi connectivity index (χ2n) is 9.35. The Bertz CT molecular complexity index is 1450. The van der Waals surface area contributed by atoms with Gasteiger partial charge in [0, 0.05) is 15.8 Å². The summed E-state index contributed by atoms with van der Waals surface area (Å²) >= 11 is 1.50. The average Bonchev–Trinajstić information content (AvgIpc) is 3.20. The largest absolute Gasteiger partial charge is 0.465 e. The van der Waals surface area contributed by atoms with E-state index in [0.29, 0.717) is 22.0 Å². The van der Waals surface area contributed by atoms with Crippen molar-refractivity contribution in [2.75, 3.05) is 12.4 Å². The first-order valence-corrected chi connectivity index (χ1v) is 12.7. The highest BCUT2D eigenvalue weighted by Gasteiger charge is 2.30. The summed E-state index contributed by atoms with van der Waals surface area (Å²) in [7, 11) is 1.39. The molecule has 178 valence electrons. The molecule has 1 aliphatic rings. The van der Waals surface area contributed by atoms with Crippen molar-refractivity contribution in [1.29, 1.82) is 0 Å². The van der Waals surface area contributed by atoms with E-state index in [1.807, 2.05) is 62.4 Å². The summed E-state index contributed by atoms with van der Waals surface area (Å²) in [5, 5.41) is 4.44. The molecular weight excluding hydrogens is 456 g/mol. The Labute approximate surface area is 209 Å². The monoisotopic (exact) mass is 484 g/mol. The fraction of sp³-hybridized carbons (Fsp3) is 0.276. The number of carbonyl (C=O) groups is 2. The van der Waals surface area contributed by atoms with Crippen LogP contribution in [0.15, 0.2) is 48.5 Å². The second-order valence-corrected chi connectivity index (χ2v) is 10.5. The SMILES string of the molecule is COC(=O)c1c(NC(=O)c2c(C)c(-c3ccc(C)cc3)nc3ccccc23)sc2c1CCC(C)C2. The number of nitrogens with zero attached hydrogens (tertiary/aromatic N) is 1. The lowest BCUT2D eigenvalue weighted by molar-refractivity contribution is 0.0601. The number of rotatable bonds is 4. The van der Waals surface area contributed by atoms with Crippen molar-refractivity contribution in [3.8, 4) is 11.3 Å². The van der Waals surface area contributed by atoms with E-state index in [9.17, 15) is 9.59 Å². The number of hydrogen-bond acceptors (Lipinski definition) is 5. The van der Waals surface area contributed by atoms with Crippen LogP contribution in [0.5, 0.6) is 0 Å². The molecule has 0 saturated heterocycles. The number of para-hydroxylation sites is 1. The third-order valence-electron chi connectivity index (χ3n) is 6.82. The number of nitrogens with one attached hydrogen (secondary N) is 1. The number of esters is 1. The van der Waals surface area contributed by atoms with Gasteiger partial charge < -0.3 is 10.1 Å². The molecule has 1 amide bonds. The van der Waals surface area contributed by atoms with Crippen molar-refractivity contribution in [1.82, 2.24) is 4.98 Å². The van der Waals surface area contributed by atoms with Crippen LogP contribution >= 0.6 is 11.3 Å². The second kappa shape index (κ2) is 9.27. The minimum Gasteiger partial charge on any atom is -0.465 e. The van der Waals surface area contributed by atoms with Crippen LogP contribution in [-0.4, -0.2) is 24.0 Å². The Kier molecular flexibility index (Phi) is 6.15. The van der Waals surface area contributed by atoms with Gasteiger partial charge in [0.2, 0.25) is 0 Å². The van der Waals surface area contributed by atoms with Crippen molar-refractivity contribution in [2.45, 2.75) is 40.0 Å². The van der Waals surface area contributed by atoms with Crippen LogP contribution in [0.4, 0.5) is 5.00 Å². The minimum absolute atomic E-state index is 0.244. The fourth-order valence-electron chi connectivity index (χ4n) is 4.91. The standard InChI is InChI=1S/C29H28N2O3S/c1-16-9-12-19(13-10-16)26-18(3)24(20-7-5-6-8-22(20)30-26)27(32)31-28-25(29(33)34-4)21-14-11-17(2)15-23(21)35-28/h5-10,12-13,17H,11,14-15H2,1-4H3,(H,31,32). The van der Waals surface area contributed by atoms with Gasteiger partial charge in [-0.2, -0.15) is 0 Å². The number of thiophene rings is 1. The zero-order chi connectivity index (χ0) is 24.7. The van der Waals surface area contributed by atoms with Gasteiger partial charge >= 0.3 is 5.97 Å². The van der Waals surface area contributed by atoms with Crippen molar-refractivity contribution in [3.63, 3.8) is 0 Å². The van der Waals surface area contributed by atoms with Gasteiger partial charge in [-0.05, 0) is 56.2 Å². The number of hydrogen-bond donors (Lipinski definition) is 1. The van der Waals surface area contributed by atoms with Gasteiger partial charge in [0.05, 0.1) is 29.4 Å². The number of fused-ring (bicyclic) bond motifs is 2.